The number of hydrogen-bond acceptors (Lipinski definition) is 3. The van der Waals surface area contributed by atoms with Crippen molar-refractivity contribution in [3.05, 3.63) is 42.0 Å². The van der Waals surface area contributed by atoms with Gasteiger partial charge < -0.3 is 10.1 Å². The van der Waals surface area contributed by atoms with Crippen molar-refractivity contribution >= 4 is 0 Å². The number of piperazine rings is 1. The van der Waals surface area contributed by atoms with Crippen LogP contribution in [0.2, 0.25) is 0 Å². The maximum absolute atomic E-state index is 5.32. The van der Waals surface area contributed by atoms with Crippen LogP contribution in [0.4, 0.5) is 0 Å². The van der Waals surface area contributed by atoms with Gasteiger partial charge in [0.2, 0.25) is 0 Å². The molecular weight excluding hydrogens is 248 g/mol. The predicted octanol–water partition coefficient (Wildman–Crippen LogP) is 2.92. The molecule has 0 amide bonds. The zero-order chi connectivity index (χ0) is 14.4. The highest BCUT2D eigenvalue weighted by Crippen LogP contribution is 2.30. The second-order valence-electron chi connectivity index (χ2n) is 5.39. The first-order valence-electron chi connectivity index (χ1n) is 7.46. The van der Waals surface area contributed by atoms with Gasteiger partial charge in [0.1, 0.15) is 5.75 Å². The molecule has 2 rings (SSSR count). The van der Waals surface area contributed by atoms with Crippen LogP contribution in [0.1, 0.15) is 30.0 Å². The lowest BCUT2D eigenvalue weighted by Gasteiger charge is -2.36. The minimum Gasteiger partial charge on any atom is -0.497 e. The molecule has 1 aromatic carbocycles. The van der Waals surface area contributed by atoms with Gasteiger partial charge in [-0.05, 0) is 43.0 Å². The largest absolute Gasteiger partial charge is 0.497 e. The van der Waals surface area contributed by atoms with E-state index in [4.69, 9.17) is 4.74 Å². The Morgan fingerprint density at radius 1 is 1.40 bits per heavy atom. The lowest BCUT2D eigenvalue weighted by Crippen LogP contribution is -2.45. The molecule has 0 aromatic heterocycles. The van der Waals surface area contributed by atoms with Gasteiger partial charge in [-0.2, -0.15) is 0 Å². The van der Waals surface area contributed by atoms with Crippen LogP contribution in [0.25, 0.3) is 0 Å². The second kappa shape index (κ2) is 7.46. The Morgan fingerprint density at radius 3 is 2.75 bits per heavy atom. The Hall–Kier alpha value is -1.32. The van der Waals surface area contributed by atoms with Crippen LogP contribution in [0.15, 0.2) is 30.9 Å². The molecule has 1 atom stereocenters. The molecule has 1 heterocycles. The first kappa shape index (κ1) is 15.1. The van der Waals surface area contributed by atoms with Gasteiger partial charge in [-0.1, -0.05) is 12.1 Å². The maximum Gasteiger partial charge on any atom is 0.119 e. The molecule has 3 nitrogen and oxygen atoms in total. The highest BCUT2D eigenvalue weighted by molar-refractivity contribution is 5.36. The number of nitrogens with zero attached hydrogens (tertiary/aromatic N) is 1. The summed E-state index contributed by atoms with van der Waals surface area (Å²) >= 11 is 0. The number of benzene rings is 1. The summed E-state index contributed by atoms with van der Waals surface area (Å²) in [6.45, 7) is 10.5. The quantitative estimate of drug-likeness (QED) is 0.807. The molecule has 0 spiro atoms. The number of allylic oxidation sites excluding steroid dienone is 1. The van der Waals surface area contributed by atoms with Gasteiger partial charge in [0.25, 0.3) is 0 Å². The highest BCUT2D eigenvalue weighted by Gasteiger charge is 2.22. The fourth-order valence-corrected chi connectivity index (χ4v) is 2.95. The third-order valence-electron chi connectivity index (χ3n) is 4.07. The van der Waals surface area contributed by atoms with Gasteiger partial charge in [0.05, 0.1) is 7.11 Å². The Balaban J connectivity index is 2.22. The van der Waals surface area contributed by atoms with Crippen LogP contribution >= 0.6 is 0 Å². The van der Waals surface area contributed by atoms with Crippen molar-refractivity contribution in [2.24, 2.45) is 0 Å². The van der Waals surface area contributed by atoms with Crippen LogP contribution in [-0.2, 0) is 0 Å². The van der Waals surface area contributed by atoms with E-state index in [-0.39, 0.29) is 0 Å². The number of methoxy groups -OCH3 is 1. The van der Waals surface area contributed by atoms with Crippen molar-refractivity contribution in [1.82, 2.24) is 10.2 Å². The van der Waals surface area contributed by atoms with Crippen LogP contribution in [0.5, 0.6) is 5.75 Å². The molecule has 1 N–H and O–H groups in total. The molecule has 1 aliphatic rings. The Labute approximate surface area is 122 Å². The summed E-state index contributed by atoms with van der Waals surface area (Å²) in [4.78, 5) is 2.59. The third-order valence-corrected chi connectivity index (χ3v) is 4.07. The van der Waals surface area contributed by atoms with E-state index in [0.717, 1.165) is 44.8 Å². The predicted molar refractivity (Wildman–Crippen MR) is 84.3 cm³/mol. The van der Waals surface area contributed by atoms with Crippen molar-refractivity contribution < 1.29 is 4.74 Å². The standard InChI is InChI=1S/C17H26N2O/c1-4-5-6-17(19-11-9-18-10-12-19)16-8-7-15(20-3)13-14(16)2/h4,7-8,13,17-18H,1,5-6,9-12H2,2-3H3/t17-/m1/s1. The fraction of sp³-hybridized carbons (Fsp3) is 0.529. The van der Waals surface area contributed by atoms with Crippen LogP contribution < -0.4 is 10.1 Å². The molecule has 0 unspecified atom stereocenters. The first-order chi connectivity index (χ1) is 9.76. The second-order valence-corrected chi connectivity index (χ2v) is 5.39. The van der Waals surface area contributed by atoms with Gasteiger partial charge in [0, 0.05) is 32.2 Å². The topological polar surface area (TPSA) is 24.5 Å². The number of aryl methyl sites for hydroxylation is 1. The summed E-state index contributed by atoms with van der Waals surface area (Å²) in [5.74, 6) is 0.939. The zero-order valence-corrected chi connectivity index (χ0v) is 12.7. The van der Waals surface area contributed by atoms with E-state index in [0.29, 0.717) is 6.04 Å². The third kappa shape index (κ3) is 3.62. The molecule has 1 saturated heterocycles. The van der Waals surface area contributed by atoms with Gasteiger partial charge >= 0.3 is 0 Å². The lowest BCUT2D eigenvalue weighted by atomic mass is 9.95. The molecule has 1 aliphatic heterocycles. The first-order valence-corrected chi connectivity index (χ1v) is 7.46. The van der Waals surface area contributed by atoms with E-state index in [9.17, 15) is 0 Å². The van der Waals surface area contributed by atoms with Crippen molar-refractivity contribution in [1.29, 1.82) is 0 Å². The van der Waals surface area contributed by atoms with E-state index in [1.54, 1.807) is 7.11 Å². The van der Waals surface area contributed by atoms with Crippen LogP contribution in [0, 0.1) is 6.92 Å². The summed E-state index contributed by atoms with van der Waals surface area (Å²) in [7, 11) is 1.72. The molecule has 0 saturated carbocycles. The SMILES string of the molecule is C=CCC[C@H](c1ccc(OC)cc1C)N1CCNCC1. The van der Waals surface area contributed by atoms with Gasteiger partial charge in [-0.3, -0.25) is 4.90 Å². The normalized spacial score (nSPS) is 17.7. The number of rotatable bonds is 6. The smallest absolute Gasteiger partial charge is 0.119 e. The maximum atomic E-state index is 5.32. The van der Waals surface area contributed by atoms with Crippen LogP contribution in [0.3, 0.4) is 0 Å². The summed E-state index contributed by atoms with van der Waals surface area (Å²) < 4.78 is 5.32. The van der Waals surface area contributed by atoms with E-state index in [1.165, 1.54) is 11.1 Å². The zero-order valence-electron chi connectivity index (χ0n) is 12.7. The average molecular weight is 274 g/mol. The summed E-state index contributed by atoms with van der Waals surface area (Å²) in [5.41, 5.74) is 2.74. The van der Waals surface area contributed by atoms with E-state index in [2.05, 4.69) is 41.9 Å². The van der Waals surface area contributed by atoms with Crippen molar-refractivity contribution in [3.8, 4) is 5.75 Å². The number of hydrogen-bond donors (Lipinski definition) is 1. The molecular formula is C17H26N2O. The minimum atomic E-state index is 0.487. The number of ether oxygens (including phenoxy) is 1. The summed E-state index contributed by atoms with van der Waals surface area (Å²) in [6, 6.07) is 6.93. The monoisotopic (exact) mass is 274 g/mol. The molecule has 1 aromatic rings. The molecule has 0 bridgehead atoms. The molecule has 1 fully saturated rings. The molecule has 0 radical (unpaired) electrons. The minimum absolute atomic E-state index is 0.487. The molecule has 110 valence electrons. The van der Waals surface area contributed by atoms with Gasteiger partial charge in [0.15, 0.2) is 0 Å². The van der Waals surface area contributed by atoms with E-state index in [1.807, 2.05) is 6.08 Å². The van der Waals surface area contributed by atoms with Crippen molar-refractivity contribution in [3.63, 3.8) is 0 Å². The van der Waals surface area contributed by atoms with Gasteiger partial charge in [-0.15, -0.1) is 6.58 Å². The van der Waals surface area contributed by atoms with E-state index < -0.39 is 0 Å². The summed E-state index contributed by atoms with van der Waals surface area (Å²) in [6.07, 6.45) is 4.21. The molecule has 0 aliphatic carbocycles. The van der Waals surface area contributed by atoms with Crippen molar-refractivity contribution in [2.45, 2.75) is 25.8 Å². The lowest BCUT2D eigenvalue weighted by molar-refractivity contribution is 0.165. The van der Waals surface area contributed by atoms with Crippen molar-refractivity contribution in [2.75, 3.05) is 33.3 Å². The fourth-order valence-electron chi connectivity index (χ4n) is 2.95. The molecule has 3 heteroatoms. The Morgan fingerprint density at radius 2 is 2.15 bits per heavy atom. The Bertz CT molecular complexity index is 439. The van der Waals surface area contributed by atoms with Crippen LogP contribution in [-0.4, -0.2) is 38.2 Å². The molecule has 20 heavy (non-hydrogen) atoms. The van der Waals surface area contributed by atoms with E-state index >= 15 is 0 Å². The average Bonchev–Trinajstić information content (AvgIpc) is 2.50. The Kier molecular flexibility index (Phi) is 5.62. The summed E-state index contributed by atoms with van der Waals surface area (Å²) in [5, 5.41) is 3.43. The van der Waals surface area contributed by atoms with Gasteiger partial charge in [-0.25, -0.2) is 0 Å². The highest BCUT2D eigenvalue weighted by atomic mass is 16.5. The number of nitrogens with one attached hydrogen (secondary N) is 1.